The van der Waals surface area contributed by atoms with E-state index in [1.807, 2.05) is 67.8 Å². The molecule has 6 heteroatoms. The summed E-state index contributed by atoms with van der Waals surface area (Å²) >= 11 is 0. The molecular formula is C22H26N2O4. The monoisotopic (exact) mass is 382 g/mol. The van der Waals surface area contributed by atoms with Crippen LogP contribution in [0.3, 0.4) is 0 Å². The van der Waals surface area contributed by atoms with Crippen LogP contribution in [0.4, 0.5) is 0 Å². The molecule has 28 heavy (non-hydrogen) atoms. The predicted molar refractivity (Wildman–Crippen MR) is 106 cm³/mol. The van der Waals surface area contributed by atoms with Crippen LogP contribution in [0.15, 0.2) is 42.6 Å². The van der Waals surface area contributed by atoms with Gasteiger partial charge in [-0.15, -0.1) is 0 Å². The maximum absolute atomic E-state index is 11.1. The van der Waals surface area contributed by atoms with Crippen molar-refractivity contribution in [2.45, 2.75) is 45.2 Å². The summed E-state index contributed by atoms with van der Waals surface area (Å²) in [6.45, 7) is 6.32. The molecule has 0 amide bonds. The quantitative estimate of drug-likeness (QED) is 0.731. The number of aromatic nitrogens is 2. The molecular weight excluding hydrogens is 356 g/mol. The number of pyridine rings is 1. The lowest BCUT2D eigenvalue weighted by Crippen LogP contribution is -2.37. The molecule has 4 atom stereocenters. The normalized spacial score (nSPS) is 22.7. The maximum atomic E-state index is 11.1. The van der Waals surface area contributed by atoms with Crippen LogP contribution in [0.1, 0.15) is 41.6 Å². The number of rotatable bonds is 5. The third kappa shape index (κ3) is 3.17. The fourth-order valence-electron chi connectivity index (χ4n) is 3.62. The second kappa shape index (κ2) is 7.54. The van der Waals surface area contributed by atoms with Crippen molar-refractivity contribution in [1.29, 1.82) is 0 Å². The number of hydrogen-bond donors (Lipinski definition) is 1. The fraction of sp³-hybridized carbons (Fsp3) is 0.409. The van der Waals surface area contributed by atoms with Crippen LogP contribution >= 0.6 is 0 Å². The Morgan fingerprint density at radius 3 is 2.68 bits per heavy atom. The van der Waals surface area contributed by atoms with Crippen molar-refractivity contribution >= 4 is 5.65 Å². The van der Waals surface area contributed by atoms with E-state index in [9.17, 15) is 5.11 Å². The van der Waals surface area contributed by atoms with Gasteiger partial charge in [-0.25, -0.2) is 4.98 Å². The molecule has 0 saturated carbocycles. The lowest BCUT2D eigenvalue weighted by Gasteiger charge is -2.37. The molecule has 6 nitrogen and oxygen atoms in total. The lowest BCUT2D eigenvalue weighted by atomic mass is 9.92. The van der Waals surface area contributed by atoms with Crippen molar-refractivity contribution in [3.8, 4) is 5.75 Å². The van der Waals surface area contributed by atoms with E-state index in [2.05, 4.69) is 0 Å². The van der Waals surface area contributed by atoms with E-state index in [1.54, 1.807) is 7.11 Å². The Kier molecular flexibility index (Phi) is 5.10. The van der Waals surface area contributed by atoms with Gasteiger partial charge in [-0.05, 0) is 32.4 Å². The van der Waals surface area contributed by atoms with Crippen molar-refractivity contribution in [3.05, 3.63) is 65.1 Å². The molecule has 2 aromatic heterocycles. The number of methoxy groups -OCH3 is 1. The molecule has 1 aliphatic rings. The van der Waals surface area contributed by atoms with E-state index in [-0.39, 0.29) is 6.10 Å². The third-order valence-electron chi connectivity index (χ3n) is 5.47. The molecule has 1 aromatic carbocycles. The van der Waals surface area contributed by atoms with Crippen LogP contribution in [-0.2, 0) is 9.47 Å². The van der Waals surface area contributed by atoms with E-state index >= 15 is 0 Å². The van der Waals surface area contributed by atoms with Gasteiger partial charge >= 0.3 is 0 Å². The average molecular weight is 382 g/mol. The molecule has 0 radical (unpaired) electrons. The van der Waals surface area contributed by atoms with Crippen molar-refractivity contribution in [3.63, 3.8) is 0 Å². The summed E-state index contributed by atoms with van der Waals surface area (Å²) in [6.07, 6.45) is -0.0424. The minimum atomic E-state index is -0.849. The summed E-state index contributed by atoms with van der Waals surface area (Å²) in [5.41, 5.74) is 4.46. The highest BCUT2D eigenvalue weighted by atomic mass is 16.6. The summed E-state index contributed by atoms with van der Waals surface area (Å²) in [5.74, 6) is 0.660. The van der Waals surface area contributed by atoms with Gasteiger partial charge in [0, 0.05) is 24.6 Å². The highest BCUT2D eigenvalue weighted by molar-refractivity contribution is 5.62. The van der Waals surface area contributed by atoms with Crippen LogP contribution < -0.4 is 4.74 Å². The zero-order valence-corrected chi connectivity index (χ0v) is 16.6. The number of nitrogens with zero attached hydrogens (tertiary/aromatic N) is 2. The molecule has 0 fully saturated rings. The number of hydrogen-bond acceptors (Lipinski definition) is 5. The van der Waals surface area contributed by atoms with Gasteiger partial charge in [-0.1, -0.05) is 30.3 Å². The van der Waals surface area contributed by atoms with Crippen LogP contribution in [0.2, 0.25) is 0 Å². The number of aryl methyl sites for hydroxylation is 2. The van der Waals surface area contributed by atoms with Crippen LogP contribution in [0.25, 0.3) is 5.65 Å². The number of aliphatic hydroxyl groups is 1. The number of aliphatic hydroxyl groups excluding tert-OH is 1. The molecule has 0 bridgehead atoms. The Labute approximate surface area is 164 Å². The largest absolute Gasteiger partial charge is 0.479 e. The minimum absolute atomic E-state index is 0.0756. The van der Waals surface area contributed by atoms with Crippen molar-refractivity contribution < 1.29 is 19.3 Å². The van der Waals surface area contributed by atoms with Crippen LogP contribution in [-0.4, -0.2) is 40.4 Å². The molecule has 3 heterocycles. The standard InChI is InChI=1S/C22H26N2O4/c1-13(26-4)12-27-20-17-10-11-24-15(3)14(2)23-22(24)21(17)28-19(18(20)25)16-8-6-5-7-9-16/h5-11,13,18-20,25H,12H2,1-4H3/t13?,18-,19-,20-/m0/s1. The number of fused-ring (bicyclic) bond motifs is 3. The van der Waals surface area contributed by atoms with Gasteiger partial charge in [0.15, 0.2) is 17.5 Å². The first-order chi connectivity index (χ1) is 13.5. The first-order valence-electron chi connectivity index (χ1n) is 9.53. The van der Waals surface area contributed by atoms with Gasteiger partial charge in [0.2, 0.25) is 0 Å². The summed E-state index contributed by atoms with van der Waals surface area (Å²) in [6, 6.07) is 11.7. The summed E-state index contributed by atoms with van der Waals surface area (Å²) < 4.78 is 19.8. The molecule has 0 aliphatic carbocycles. The van der Waals surface area contributed by atoms with E-state index in [0.29, 0.717) is 12.4 Å². The number of ether oxygens (including phenoxy) is 3. The lowest BCUT2D eigenvalue weighted by molar-refractivity contribution is -0.118. The summed E-state index contributed by atoms with van der Waals surface area (Å²) in [5, 5.41) is 11.1. The van der Waals surface area contributed by atoms with E-state index in [0.717, 1.165) is 28.2 Å². The van der Waals surface area contributed by atoms with Gasteiger partial charge in [0.25, 0.3) is 0 Å². The minimum Gasteiger partial charge on any atom is -0.479 e. The SMILES string of the molecule is COC(C)CO[C@H]1c2ccn3c(C)c(C)nc3c2O[C@@H](c2ccccc2)[C@@H]1O. The smallest absolute Gasteiger partial charge is 0.180 e. The van der Waals surface area contributed by atoms with E-state index in [4.69, 9.17) is 19.2 Å². The Morgan fingerprint density at radius 1 is 1.21 bits per heavy atom. The summed E-state index contributed by atoms with van der Waals surface area (Å²) in [7, 11) is 1.65. The zero-order chi connectivity index (χ0) is 19.8. The Hall–Kier alpha value is -2.41. The molecule has 3 aromatic rings. The second-order valence-electron chi connectivity index (χ2n) is 7.32. The van der Waals surface area contributed by atoms with Crippen molar-refractivity contribution in [2.75, 3.05) is 13.7 Å². The fourth-order valence-corrected chi connectivity index (χ4v) is 3.62. The van der Waals surface area contributed by atoms with E-state index in [1.165, 1.54) is 0 Å². The second-order valence-corrected chi connectivity index (χ2v) is 7.32. The van der Waals surface area contributed by atoms with Gasteiger partial charge in [0.05, 0.1) is 18.4 Å². The molecule has 148 valence electrons. The Bertz CT molecular complexity index is 970. The van der Waals surface area contributed by atoms with E-state index < -0.39 is 18.3 Å². The molecule has 1 N–H and O–H groups in total. The van der Waals surface area contributed by atoms with Gasteiger partial charge in [-0.3, -0.25) is 0 Å². The Balaban J connectivity index is 1.82. The molecule has 0 saturated heterocycles. The highest BCUT2D eigenvalue weighted by Crippen LogP contribution is 2.45. The first kappa shape index (κ1) is 18.9. The molecule has 0 spiro atoms. The molecule has 1 unspecified atom stereocenters. The number of benzene rings is 1. The average Bonchev–Trinajstić information content (AvgIpc) is 3.01. The highest BCUT2D eigenvalue weighted by Gasteiger charge is 2.40. The maximum Gasteiger partial charge on any atom is 0.180 e. The van der Waals surface area contributed by atoms with Crippen LogP contribution in [0, 0.1) is 13.8 Å². The van der Waals surface area contributed by atoms with Gasteiger partial charge in [0.1, 0.15) is 12.2 Å². The van der Waals surface area contributed by atoms with Crippen LogP contribution in [0.5, 0.6) is 5.75 Å². The topological polar surface area (TPSA) is 65.2 Å². The first-order valence-corrected chi connectivity index (χ1v) is 9.53. The van der Waals surface area contributed by atoms with Gasteiger partial charge in [-0.2, -0.15) is 0 Å². The van der Waals surface area contributed by atoms with Crippen molar-refractivity contribution in [1.82, 2.24) is 9.38 Å². The Morgan fingerprint density at radius 2 is 1.96 bits per heavy atom. The van der Waals surface area contributed by atoms with Crippen molar-refractivity contribution in [2.24, 2.45) is 0 Å². The predicted octanol–water partition coefficient (Wildman–Crippen LogP) is 3.54. The molecule has 4 rings (SSSR count). The number of imidazole rings is 1. The zero-order valence-electron chi connectivity index (χ0n) is 16.6. The third-order valence-corrected chi connectivity index (χ3v) is 5.47. The van der Waals surface area contributed by atoms with Gasteiger partial charge < -0.3 is 23.7 Å². The molecule has 1 aliphatic heterocycles. The summed E-state index contributed by atoms with van der Waals surface area (Å²) in [4.78, 5) is 4.70.